The van der Waals surface area contributed by atoms with Crippen LogP contribution in [0.3, 0.4) is 0 Å². The fourth-order valence-electron chi connectivity index (χ4n) is 2.60. The van der Waals surface area contributed by atoms with Gasteiger partial charge in [0, 0.05) is 17.8 Å². The fraction of sp³-hybridized carbons (Fsp3) is 0.211. The number of carbonyl (C=O) groups is 1. The van der Waals surface area contributed by atoms with E-state index in [2.05, 4.69) is 15.6 Å². The Labute approximate surface area is 156 Å². The predicted octanol–water partition coefficient (Wildman–Crippen LogP) is 1.86. The van der Waals surface area contributed by atoms with Gasteiger partial charge in [-0.1, -0.05) is 23.4 Å². The molecule has 140 valence electrons. The summed E-state index contributed by atoms with van der Waals surface area (Å²) >= 11 is 0. The average Bonchev–Trinajstić information content (AvgIpc) is 3.14. The van der Waals surface area contributed by atoms with Crippen LogP contribution in [0.2, 0.25) is 0 Å². The number of hydrogen-bond acceptors (Lipinski definition) is 6. The van der Waals surface area contributed by atoms with E-state index in [1.165, 1.54) is 4.68 Å². The smallest absolute Gasteiger partial charge is 0.242 e. The first-order valence-corrected chi connectivity index (χ1v) is 8.32. The summed E-state index contributed by atoms with van der Waals surface area (Å²) in [4.78, 5) is 12.2. The molecular formula is C19H21N5O3. The van der Waals surface area contributed by atoms with Gasteiger partial charge in [0.1, 0.15) is 12.2 Å². The standard InChI is InChI=1S/C19H21N5O3/c1-26-17-7-6-13(8-18(17)27-2)10-21-19(25)12-24-11-16(22-23-24)14-4-3-5-15(20)9-14/h3-9,11H,10,12,20H2,1-2H3,(H,21,25). The second-order valence-corrected chi connectivity index (χ2v) is 5.89. The van der Waals surface area contributed by atoms with Crippen LogP contribution in [0, 0.1) is 0 Å². The van der Waals surface area contributed by atoms with Crippen LogP contribution >= 0.6 is 0 Å². The highest BCUT2D eigenvalue weighted by molar-refractivity contribution is 5.75. The number of nitrogens with one attached hydrogen (secondary N) is 1. The van der Waals surface area contributed by atoms with Gasteiger partial charge in [-0.05, 0) is 29.8 Å². The number of amides is 1. The Kier molecular flexibility index (Phi) is 5.55. The Bertz CT molecular complexity index is 939. The number of benzene rings is 2. The fourth-order valence-corrected chi connectivity index (χ4v) is 2.60. The summed E-state index contributed by atoms with van der Waals surface area (Å²) in [5.74, 6) is 1.09. The molecule has 3 N–H and O–H groups in total. The molecule has 0 atom stereocenters. The summed E-state index contributed by atoms with van der Waals surface area (Å²) in [5, 5.41) is 10.9. The van der Waals surface area contributed by atoms with Crippen LogP contribution in [-0.2, 0) is 17.9 Å². The van der Waals surface area contributed by atoms with Crippen molar-refractivity contribution in [1.82, 2.24) is 20.3 Å². The average molecular weight is 367 g/mol. The molecule has 0 saturated heterocycles. The van der Waals surface area contributed by atoms with Crippen molar-refractivity contribution in [3.8, 4) is 22.8 Å². The largest absolute Gasteiger partial charge is 0.493 e. The lowest BCUT2D eigenvalue weighted by molar-refractivity contribution is -0.122. The Hall–Kier alpha value is -3.55. The van der Waals surface area contributed by atoms with E-state index in [0.717, 1.165) is 11.1 Å². The third-order valence-electron chi connectivity index (χ3n) is 3.96. The monoisotopic (exact) mass is 367 g/mol. The first kappa shape index (κ1) is 18.2. The Morgan fingerprint density at radius 1 is 1.15 bits per heavy atom. The van der Waals surface area contributed by atoms with E-state index >= 15 is 0 Å². The molecule has 0 aliphatic heterocycles. The quantitative estimate of drug-likeness (QED) is 0.618. The SMILES string of the molecule is COc1ccc(CNC(=O)Cn2cc(-c3cccc(N)c3)nn2)cc1OC. The molecule has 0 spiro atoms. The highest BCUT2D eigenvalue weighted by Crippen LogP contribution is 2.27. The number of carbonyl (C=O) groups excluding carboxylic acids is 1. The van der Waals surface area contributed by atoms with Gasteiger partial charge in [-0.15, -0.1) is 5.10 Å². The first-order chi connectivity index (χ1) is 13.1. The Balaban J connectivity index is 1.59. The third kappa shape index (κ3) is 4.55. The summed E-state index contributed by atoms with van der Waals surface area (Å²) in [5.41, 5.74) is 8.85. The van der Waals surface area contributed by atoms with Crippen molar-refractivity contribution < 1.29 is 14.3 Å². The van der Waals surface area contributed by atoms with E-state index in [9.17, 15) is 4.79 Å². The molecule has 2 aromatic carbocycles. The minimum absolute atomic E-state index is 0.0720. The van der Waals surface area contributed by atoms with E-state index < -0.39 is 0 Å². The zero-order chi connectivity index (χ0) is 19.2. The molecule has 8 heteroatoms. The highest BCUT2D eigenvalue weighted by atomic mass is 16.5. The maximum absolute atomic E-state index is 12.2. The lowest BCUT2D eigenvalue weighted by Crippen LogP contribution is -2.27. The second-order valence-electron chi connectivity index (χ2n) is 5.89. The van der Waals surface area contributed by atoms with Gasteiger partial charge in [-0.25, -0.2) is 4.68 Å². The maximum atomic E-state index is 12.2. The number of hydrogen-bond donors (Lipinski definition) is 2. The molecule has 0 saturated carbocycles. The molecule has 0 bridgehead atoms. The van der Waals surface area contributed by atoms with Crippen LogP contribution in [0.4, 0.5) is 5.69 Å². The number of ether oxygens (including phenoxy) is 2. The van der Waals surface area contributed by atoms with Crippen LogP contribution in [0.15, 0.2) is 48.7 Å². The van der Waals surface area contributed by atoms with Gasteiger partial charge >= 0.3 is 0 Å². The zero-order valence-corrected chi connectivity index (χ0v) is 15.2. The van der Waals surface area contributed by atoms with Crippen molar-refractivity contribution >= 4 is 11.6 Å². The van der Waals surface area contributed by atoms with Gasteiger partial charge in [0.25, 0.3) is 0 Å². The molecule has 3 aromatic rings. The lowest BCUT2D eigenvalue weighted by atomic mass is 10.1. The molecule has 0 fully saturated rings. The molecule has 0 aliphatic rings. The number of methoxy groups -OCH3 is 2. The summed E-state index contributed by atoms with van der Waals surface area (Å²) in [6.45, 7) is 0.443. The van der Waals surface area contributed by atoms with Gasteiger partial charge in [-0.2, -0.15) is 0 Å². The van der Waals surface area contributed by atoms with Crippen molar-refractivity contribution in [3.05, 3.63) is 54.2 Å². The Morgan fingerprint density at radius 3 is 2.70 bits per heavy atom. The van der Waals surface area contributed by atoms with E-state index in [1.807, 2.05) is 30.3 Å². The molecule has 3 rings (SSSR count). The van der Waals surface area contributed by atoms with Gasteiger partial charge in [0.15, 0.2) is 11.5 Å². The van der Waals surface area contributed by atoms with Crippen molar-refractivity contribution in [3.63, 3.8) is 0 Å². The number of nitrogen functional groups attached to an aromatic ring is 1. The normalized spacial score (nSPS) is 10.4. The van der Waals surface area contributed by atoms with Crippen molar-refractivity contribution in [2.45, 2.75) is 13.1 Å². The summed E-state index contributed by atoms with van der Waals surface area (Å²) in [6.07, 6.45) is 1.71. The highest BCUT2D eigenvalue weighted by Gasteiger charge is 2.09. The molecule has 27 heavy (non-hydrogen) atoms. The minimum Gasteiger partial charge on any atom is -0.493 e. The predicted molar refractivity (Wildman–Crippen MR) is 101 cm³/mol. The van der Waals surface area contributed by atoms with Crippen LogP contribution in [0.5, 0.6) is 11.5 Å². The van der Waals surface area contributed by atoms with Crippen molar-refractivity contribution in [2.24, 2.45) is 0 Å². The topological polar surface area (TPSA) is 104 Å². The van der Waals surface area contributed by atoms with Crippen LogP contribution in [0.1, 0.15) is 5.56 Å². The van der Waals surface area contributed by atoms with E-state index in [-0.39, 0.29) is 12.5 Å². The van der Waals surface area contributed by atoms with Gasteiger partial charge in [-0.3, -0.25) is 4.79 Å². The van der Waals surface area contributed by atoms with E-state index in [0.29, 0.717) is 29.4 Å². The molecule has 0 unspecified atom stereocenters. The molecule has 0 radical (unpaired) electrons. The van der Waals surface area contributed by atoms with Crippen LogP contribution in [-0.4, -0.2) is 35.1 Å². The Morgan fingerprint density at radius 2 is 1.96 bits per heavy atom. The summed E-state index contributed by atoms with van der Waals surface area (Å²) in [7, 11) is 3.15. The van der Waals surface area contributed by atoms with E-state index in [4.69, 9.17) is 15.2 Å². The van der Waals surface area contributed by atoms with E-state index in [1.54, 1.807) is 32.5 Å². The number of aromatic nitrogens is 3. The molecule has 8 nitrogen and oxygen atoms in total. The van der Waals surface area contributed by atoms with Crippen molar-refractivity contribution in [1.29, 1.82) is 0 Å². The molecule has 0 aliphatic carbocycles. The minimum atomic E-state index is -0.172. The maximum Gasteiger partial charge on any atom is 0.242 e. The van der Waals surface area contributed by atoms with Crippen molar-refractivity contribution in [2.75, 3.05) is 20.0 Å². The second kappa shape index (κ2) is 8.22. The number of nitrogens with two attached hydrogens (primary N) is 1. The van der Waals surface area contributed by atoms with Crippen LogP contribution < -0.4 is 20.5 Å². The number of anilines is 1. The van der Waals surface area contributed by atoms with Crippen LogP contribution in [0.25, 0.3) is 11.3 Å². The zero-order valence-electron chi connectivity index (χ0n) is 15.2. The van der Waals surface area contributed by atoms with Gasteiger partial charge in [0.05, 0.1) is 20.4 Å². The summed E-state index contributed by atoms with van der Waals surface area (Å²) < 4.78 is 12.0. The molecule has 1 aromatic heterocycles. The molecular weight excluding hydrogens is 346 g/mol. The lowest BCUT2D eigenvalue weighted by Gasteiger charge is -2.10. The number of nitrogens with zero attached hydrogens (tertiary/aromatic N) is 3. The molecule has 1 heterocycles. The molecule has 1 amide bonds. The third-order valence-corrected chi connectivity index (χ3v) is 3.96. The van der Waals surface area contributed by atoms with Gasteiger partial charge < -0.3 is 20.5 Å². The number of rotatable bonds is 7. The first-order valence-electron chi connectivity index (χ1n) is 8.32. The van der Waals surface area contributed by atoms with Gasteiger partial charge in [0.2, 0.25) is 5.91 Å². The summed E-state index contributed by atoms with van der Waals surface area (Å²) in [6, 6.07) is 12.8.